The van der Waals surface area contributed by atoms with Crippen LogP contribution in [0.15, 0.2) is 22.7 Å². The number of nitrogens with zero attached hydrogens (tertiary/aromatic N) is 5. The summed E-state index contributed by atoms with van der Waals surface area (Å²) in [6.45, 7) is 4.56. The molecular weight excluding hydrogens is 354 g/mol. The molecule has 7 heteroatoms. The maximum Gasteiger partial charge on any atom is 0.234 e. The van der Waals surface area contributed by atoms with E-state index in [1.807, 2.05) is 32.0 Å². The molecule has 0 N–H and O–H groups in total. The fourth-order valence-corrected chi connectivity index (χ4v) is 2.75. The first kappa shape index (κ1) is 16.0. The highest BCUT2D eigenvalue weighted by molar-refractivity contribution is 9.10. The maximum absolute atomic E-state index is 5.94. The van der Waals surface area contributed by atoms with Gasteiger partial charge in [0.15, 0.2) is 0 Å². The molecule has 5 nitrogen and oxygen atoms in total. The third-order valence-electron chi connectivity index (χ3n) is 3.00. The van der Waals surface area contributed by atoms with Crippen LogP contribution in [-0.4, -0.2) is 35.6 Å². The first-order valence-electron chi connectivity index (χ1n) is 6.55. The Balaban J connectivity index is 2.46. The van der Waals surface area contributed by atoms with Crippen molar-refractivity contribution in [3.05, 3.63) is 33.8 Å². The lowest BCUT2D eigenvalue weighted by Gasteiger charge is -2.23. The molecule has 112 valence electrons. The highest BCUT2D eigenvalue weighted by atomic mass is 79.9. The number of hydrogen-bond acceptors (Lipinski definition) is 5. The monoisotopic (exact) mass is 369 g/mol. The Kier molecular flexibility index (Phi) is 5.00. The summed E-state index contributed by atoms with van der Waals surface area (Å²) in [5.41, 5.74) is 2.11. The topological polar surface area (TPSA) is 45.2 Å². The third-order valence-corrected chi connectivity index (χ3v) is 3.81. The summed E-state index contributed by atoms with van der Waals surface area (Å²) in [6.07, 6.45) is 0. The lowest BCUT2D eigenvalue weighted by Crippen LogP contribution is -2.20. The third kappa shape index (κ3) is 3.63. The molecule has 0 saturated carbocycles. The Bertz CT molecular complexity index is 627. The van der Waals surface area contributed by atoms with Crippen LogP contribution in [-0.2, 0) is 0 Å². The smallest absolute Gasteiger partial charge is 0.234 e. The van der Waals surface area contributed by atoms with Gasteiger partial charge in [-0.15, -0.1) is 0 Å². The summed E-state index contributed by atoms with van der Waals surface area (Å²) in [5.74, 6) is 1.15. The second kappa shape index (κ2) is 6.58. The van der Waals surface area contributed by atoms with E-state index in [-0.39, 0.29) is 5.28 Å². The van der Waals surface area contributed by atoms with Gasteiger partial charge in [0.2, 0.25) is 11.2 Å². The van der Waals surface area contributed by atoms with E-state index in [0.717, 1.165) is 22.4 Å². The minimum Gasteiger partial charge on any atom is -0.378 e. The van der Waals surface area contributed by atoms with Gasteiger partial charge in [0.25, 0.3) is 0 Å². The number of anilines is 3. The Morgan fingerprint density at radius 3 is 2.43 bits per heavy atom. The maximum atomic E-state index is 5.94. The lowest BCUT2D eigenvalue weighted by atomic mass is 10.2. The fraction of sp³-hybridized carbons (Fsp3) is 0.357. The molecule has 1 aromatic heterocycles. The molecule has 21 heavy (non-hydrogen) atoms. The van der Waals surface area contributed by atoms with Gasteiger partial charge in [0.05, 0.1) is 5.69 Å². The van der Waals surface area contributed by atoms with E-state index in [1.165, 1.54) is 0 Å². The van der Waals surface area contributed by atoms with E-state index in [0.29, 0.717) is 11.8 Å². The van der Waals surface area contributed by atoms with E-state index in [4.69, 9.17) is 11.6 Å². The van der Waals surface area contributed by atoms with Gasteiger partial charge in [-0.25, -0.2) is 4.98 Å². The van der Waals surface area contributed by atoms with Crippen LogP contribution in [0.3, 0.4) is 0 Å². The zero-order chi connectivity index (χ0) is 15.6. The van der Waals surface area contributed by atoms with Crippen molar-refractivity contribution in [2.75, 3.05) is 30.4 Å². The van der Waals surface area contributed by atoms with Gasteiger partial charge in [-0.05, 0) is 59.6 Å². The summed E-state index contributed by atoms with van der Waals surface area (Å²) >= 11 is 9.56. The molecule has 1 aromatic carbocycles. The molecule has 0 saturated heterocycles. The molecule has 0 fully saturated rings. The molecule has 1 heterocycles. The minimum atomic E-state index is 0.206. The predicted octanol–water partition coefficient (Wildman–Crippen LogP) is 3.82. The van der Waals surface area contributed by atoms with Crippen molar-refractivity contribution in [3.8, 4) is 0 Å². The molecule has 0 aliphatic rings. The van der Waals surface area contributed by atoms with E-state index in [2.05, 4.69) is 47.9 Å². The average Bonchev–Trinajstić information content (AvgIpc) is 2.40. The normalized spacial score (nSPS) is 10.6. The zero-order valence-electron chi connectivity index (χ0n) is 12.4. The van der Waals surface area contributed by atoms with Gasteiger partial charge in [0.1, 0.15) is 5.82 Å². The number of benzene rings is 1. The fourth-order valence-electron chi connectivity index (χ4n) is 1.97. The number of hydrogen-bond donors (Lipinski definition) is 0. The van der Waals surface area contributed by atoms with Crippen LogP contribution in [0, 0.1) is 6.92 Å². The van der Waals surface area contributed by atoms with Crippen LogP contribution in [0.25, 0.3) is 0 Å². The Labute approximate surface area is 138 Å². The van der Waals surface area contributed by atoms with Crippen LogP contribution in [0.4, 0.5) is 17.3 Å². The molecule has 2 aromatic rings. The number of halogens is 2. The van der Waals surface area contributed by atoms with Crippen LogP contribution >= 0.6 is 27.5 Å². The Morgan fingerprint density at radius 1 is 1.19 bits per heavy atom. The van der Waals surface area contributed by atoms with Crippen molar-refractivity contribution in [2.24, 2.45) is 0 Å². The van der Waals surface area contributed by atoms with E-state index in [1.54, 1.807) is 6.92 Å². The SMILES string of the molecule is CCN(c1nc(C)nc(Cl)n1)c1ccc(N(C)C)cc1Br. The second-order valence-corrected chi connectivity index (χ2v) is 5.92. The van der Waals surface area contributed by atoms with Gasteiger partial charge < -0.3 is 9.80 Å². The number of aryl methyl sites for hydroxylation is 1. The largest absolute Gasteiger partial charge is 0.378 e. The molecule has 2 rings (SSSR count). The average molecular weight is 371 g/mol. The predicted molar refractivity (Wildman–Crippen MR) is 90.7 cm³/mol. The number of aromatic nitrogens is 3. The Hall–Kier alpha value is -1.40. The first-order chi connectivity index (χ1) is 9.92. The van der Waals surface area contributed by atoms with Gasteiger partial charge in [-0.1, -0.05) is 0 Å². The van der Waals surface area contributed by atoms with Crippen molar-refractivity contribution in [1.29, 1.82) is 0 Å². The quantitative estimate of drug-likeness (QED) is 0.818. The molecule has 0 spiro atoms. The highest BCUT2D eigenvalue weighted by Gasteiger charge is 2.15. The van der Waals surface area contributed by atoms with E-state index in [9.17, 15) is 0 Å². The summed E-state index contributed by atoms with van der Waals surface area (Å²) in [6, 6.07) is 6.15. The van der Waals surface area contributed by atoms with E-state index >= 15 is 0 Å². The minimum absolute atomic E-state index is 0.206. The van der Waals surface area contributed by atoms with Gasteiger partial charge in [0, 0.05) is 30.8 Å². The van der Waals surface area contributed by atoms with Gasteiger partial charge in [-0.2, -0.15) is 9.97 Å². The van der Waals surface area contributed by atoms with Crippen molar-refractivity contribution in [2.45, 2.75) is 13.8 Å². The van der Waals surface area contributed by atoms with Crippen molar-refractivity contribution in [1.82, 2.24) is 15.0 Å². The summed E-state index contributed by atoms with van der Waals surface area (Å²) < 4.78 is 0.977. The number of rotatable bonds is 4. The van der Waals surface area contributed by atoms with Crippen molar-refractivity contribution in [3.63, 3.8) is 0 Å². The van der Waals surface area contributed by atoms with Crippen LogP contribution in [0.2, 0.25) is 5.28 Å². The zero-order valence-corrected chi connectivity index (χ0v) is 14.8. The summed E-state index contributed by atoms with van der Waals surface area (Å²) in [5, 5.41) is 0.206. The van der Waals surface area contributed by atoms with Crippen molar-refractivity contribution >= 4 is 44.9 Å². The highest BCUT2D eigenvalue weighted by Crippen LogP contribution is 2.33. The van der Waals surface area contributed by atoms with Crippen LogP contribution in [0.5, 0.6) is 0 Å². The van der Waals surface area contributed by atoms with Crippen molar-refractivity contribution < 1.29 is 0 Å². The standard InChI is InChI=1S/C14H17BrClN5/c1-5-21(14-18-9(2)17-13(16)19-14)12-7-6-10(20(3)4)8-11(12)15/h6-8H,5H2,1-4H3. The Morgan fingerprint density at radius 2 is 1.90 bits per heavy atom. The molecular formula is C14H17BrClN5. The summed E-state index contributed by atoms with van der Waals surface area (Å²) in [4.78, 5) is 16.6. The molecule has 0 bridgehead atoms. The lowest BCUT2D eigenvalue weighted by molar-refractivity contribution is 0.892. The second-order valence-electron chi connectivity index (χ2n) is 4.73. The molecule has 0 atom stereocenters. The van der Waals surface area contributed by atoms with Crippen LogP contribution in [0.1, 0.15) is 12.7 Å². The van der Waals surface area contributed by atoms with Crippen LogP contribution < -0.4 is 9.80 Å². The first-order valence-corrected chi connectivity index (χ1v) is 7.72. The molecule has 0 radical (unpaired) electrons. The van der Waals surface area contributed by atoms with Gasteiger partial charge in [-0.3, -0.25) is 0 Å². The molecule has 0 aliphatic carbocycles. The molecule has 0 unspecified atom stereocenters. The van der Waals surface area contributed by atoms with Gasteiger partial charge >= 0.3 is 0 Å². The van der Waals surface area contributed by atoms with E-state index < -0.39 is 0 Å². The summed E-state index contributed by atoms with van der Waals surface area (Å²) in [7, 11) is 4.02. The molecule has 0 amide bonds. The molecule has 0 aliphatic heterocycles.